The van der Waals surface area contributed by atoms with Crippen molar-refractivity contribution in [2.24, 2.45) is 17.3 Å². The van der Waals surface area contributed by atoms with Gasteiger partial charge < -0.3 is 29.6 Å². The van der Waals surface area contributed by atoms with Crippen LogP contribution in [0.4, 0.5) is 11.9 Å². The van der Waals surface area contributed by atoms with E-state index < -0.39 is 23.6 Å². The van der Waals surface area contributed by atoms with Crippen molar-refractivity contribution in [3.63, 3.8) is 0 Å². The molecule has 0 unspecified atom stereocenters. The standard InChI is InChI=1S/C37H43N13O7/c1-6-23-29(56-19(3)42-23)34(53)46-36-44-25-15-21(31(38)51)17-27(55-14-10-11-48(5)40)28(25)49(36)12-8-9-13-50-33-26(16-22(18-41-33)32(39)52)45-37(50)47-35(54)30-24(7-2)43-20(4)57-30/h8-9,15-18H,6-7,10-14,40H2,1-5H3,(H2,38,51)(H2,39,52)(H,44,46,53)(H,45,47,54)/b9-8+. The van der Waals surface area contributed by atoms with Crippen molar-refractivity contribution in [3.05, 3.63) is 82.4 Å². The van der Waals surface area contributed by atoms with E-state index in [9.17, 15) is 19.2 Å². The molecule has 0 saturated carbocycles. The number of hydrogen-bond acceptors (Lipinski definition) is 14. The van der Waals surface area contributed by atoms with E-state index in [1.54, 1.807) is 42.2 Å². The molecule has 20 heteroatoms. The predicted molar refractivity (Wildman–Crippen MR) is 208 cm³/mol. The van der Waals surface area contributed by atoms with Gasteiger partial charge in [0.1, 0.15) is 16.8 Å². The molecular formula is C37H43N13O7. The van der Waals surface area contributed by atoms with Crippen LogP contribution in [0.25, 0.3) is 22.2 Å². The number of primary amides is 2. The summed E-state index contributed by atoms with van der Waals surface area (Å²) in [6, 6.07) is 4.53. The molecule has 6 aromatic rings. The minimum atomic E-state index is -0.690. The monoisotopic (exact) mass is 781 g/mol. The second kappa shape index (κ2) is 16.8. The first kappa shape index (κ1) is 39.8. The van der Waals surface area contributed by atoms with E-state index in [1.165, 1.54) is 29.4 Å². The SMILES string of the molecule is CCc1nc(C)oc1C(=O)Nc1nc2cc(C(N)=O)cnc2n1C/C=C/Cn1c(NC(=O)c2oc(C)nc2CC)nc2cc(C(N)=O)cc(OCCCN(C)N)c21. The second-order valence-electron chi connectivity index (χ2n) is 13.0. The first-order chi connectivity index (χ1) is 27.3. The molecule has 0 fully saturated rings. The number of nitrogens with one attached hydrogen (secondary N) is 2. The fraction of sp³-hybridized carbons (Fsp3) is 0.324. The molecule has 57 heavy (non-hydrogen) atoms. The molecule has 0 bridgehead atoms. The molecule has 0 aliphatic heterocycles. The van der Waals surface area contributed by atoms with Gasteiger partial charge in [0.05, 0.1) is 29.1 Å². The van der Waals surface area contributed by atoms with Gasteiger partial charge in [-0.15, -0.1) is 0 Å². The molecule has 20 nitrogen and oxygen atoms in total. The topological polar surface area (TPSA) is 283 Å². The lowest BCUT2D eigenvalue weighted by Crippen LogP contribution is -2.27. The number of nitrogens with two attached hydrogens (primary N) is 3. The Kier molecular flexibility index (Phi) is 11.7. The minimum absolute atomic E-state index is 0.0458. The number of imidazole rings is 2. The second-order valence-corrected chi connectivity index (χ2v) is 13.0. The van der Waals surface area contributed by atoms with Crippen LogP contribution in [0.2, 0.25) is 0 Å². The molecule has 0 spiro atoms. The van der Waals surface area contributed by atoms with Crippen LogP contribution in [0.1, 0.15) is 85.3 Å². The van der Waals surface area contributed by atoms with Crippen LogP contribution in [0, 0.1) is 13.8 Å². The van der Waals surface area contributed by atoms with Gasteiger partial charge in [-0.25, -0.2) is 24.9 Å². The Hall–Kier alpha value is -6.93. The van der Waals surface area contributed by atoms with E-state index in [0.717, 1.165) is 0 Å². The number of hydrazine groups is 1. The average Bonchev–Trinajstić information content (AvgIpc) is 3.93. The summed E-state index contributed by atoms with van der Waals surface area (Å²) < 4.78 is 20.7. The van der Waals surface area contributed by atoms with Crippen LogP contribution in [0.3, 0.4) is 0 Å². The van der Waals surface area contributed by atoms with Gasteiger partial charge in [0, 0.05) is 52.3 Å². The zero-order chi connectivity index (χ0) is 41.0. The Balaban J connectivity index is 1.37. The number of carbonyl (C=O) groups is 4. The number of oxazole rings is 2. The van der Waals surface area contributed by atoms with Crippen LogP contribution in [-0.2, 0) is 25.9 Å². The fourth-order valence-corrected chi connectivity index (χ4v) is 6.12. The lowest BCUT2D eigenvalue weighted by molar-refractivity contribution is 0.0985. The maximum atomic E-state index is 13.6. The summed E-state index contributed by atoms with van der Waals surface area (Å²) in [7, 11) is 1.74. The first-order valence-corrected chi connectivity index (χ1v) is 18.1. The Morgan fingerprint density at radius 1 is 0.807 bits per heavy atom. The smallest absolute Gasteiger partial charge is 0.295 e. The first-order valence-electron chi connectivity index (χ1n) is 18.1. The lowest BCUT2D eigenvalue weighted by atomic mass is 10.1. The fourth-order valence-electron chi connectivity index (χ4n) is 6.12. The molecule has 5 aromatic heterocycles. The van der Waals surface area contributed by atoms with E-state index in [4.69, 9.17) is 30.9 Å². The number of benzene rings is 1. The summed E-state index contributed by atoms with van der Waals surface area (Å²) in [5.41, 5.74) is 13.9. The quantitative estimate of drug-likeness (QED) is 0.0385. The van der Waals surface area contributed by atoms with Crippen molar-refractivity contribution in [2.75, 3.05) is 30.8 Å². The maximum absolute atomic E-state index is 13.6. The molecule has 0 radical (unpaired) electrons. The van der Waals surface area contributed by atoms with E-state index in [0.29, 0.717) is 76.9 Å². The van der Waals surface area contributed by atoms with Gasteiger partial charge in [0.2, 0.25) is 35.2 Å². The van der Waals surface area contributed by atoms with Crippen LogP contribution >= 0.6 is 0 Å². The maximum Gasteiger partial charge on any atom is 0.295 e. The molecule has 4 amide bonds. The minimum Gasteiger partial charge on any atom is -0.491 e. The van der Waals surface area contributed by atoms with Gasteiger partial charge in [0.25, 0.3) is 11.8 Å². The van der Waals surface area contributed by atoms with Gasteiger partial charge in [0.15, 0.2) is 17.4 Å². The number of allylic oxidation sites excluding steroid dienone is 2. The Bertz CT molecular complexity index is 2530. The van der Waals surface area contributed by atoms with Crippen molar-refractivity contribution in [2.45, 2.75) is 60.0 Å². The van der Waals surface area contributed by atoms with E-state index in [-0.39, 0.29) is 54.2 Å². The normalized spacial score (nSPS) is 11.6. The number of nitrogens with zero attached hydrogens (tertiary/aromatic N) is 8. The molecule has 298 valence electrons. The molecule has 1 aromatic carbocycles. The Labute approximate surface area is 325 Å². The molecule has 0 saturated heterocycles. The number of rotatable bonds is 17. The Morgan fingerprint density at radius 3 is 1.91 bits per heavy atom. The van der Waals surface area contributed by atoms with Crippen molar-refractivity contribution < 1.29 is 32.7 Å². The molecular weight excluding hydrogens is 738 g/mol. The van der Waals surface area contributed by atoms with Crippen LogP contribution < -0.4 is 32.7 Å². The van der Waals surface area contributed by atoms with Crippen molar-refractivity contribution in [1.29, 1.82) is 0 Å². The van der Waals surface area contributed by atoms with E-state index in [1.807, 2.05) is 13.8 Å². The number of pyridine rings is 1. The molecule has 0 atom stereocenters. The number of ether oxygens (including phenoxy) is 1. The van der Waals surface area contributed by atoms with E-state index in [2.05, 4.69) is 35.6 Å². The third-order valence-corrected chi connectivity index (χ3v) is 8.76. The predicted octanol–water partition coefficient (Wildman–Crippen LogP) is 3.03. The van der Waals surface area contributed by atoms with Gasteiger partial charge in [-0.05, 0) is 37.5 Å². The molecule has 6 rings (SSSR count). The highest BCUT2D eigenvalue weighted by Gasteiger charge is 2.24. The summed E-state index contributed by atoms with van der Waals surface area (Å²) in [6.45, 7) is 8.07. The van der Waals surface area contributed by atoms with Gasteiger partial charge >= 0.3 is 0 Å². The lowest BCUT2D eigenvalue weighted by Gasteiger charge is -2.14. The number of hydrogen-bond donors (Lipinski definition) is 5. The van der Waals surface area contributed by atoms with Gasteiger partial charge in [-0.1, -0.05) is 26.0 Å². The highest BCUT2D eigenvalue weighted by atomic mass is 16.5. The molecule has 0 aliphatic rings. The van der Waals surface area contributed by atoms with Crippen molar-refractivity contribution >= 4 is 57.7 Å². The van der Waals surface area contributed by atoms with Crippen LogP contribution in [-0.4, -0.2) is 82.9 Å². The third-order valence-electron chi connectivity index (χ3n) is 8.76. The van der Waals surface area contributed by atoms with Crippen molar-refractivity contribution in [3.8, 4) is 5.75 Å². The zero-order valence-corrected chi connectivity index (χ0v) is 32.1. The molecule has 0 aliphatic carbocycles. The number of carbonyl (C=O) groups excluding carboxylic acids is 4. The summed E-state index contributed by atoms with van der Waals surface area (Å²) in [5.74, 6) is 4.59. The third kappa shape index (κ3) is 8.66. The zero-order valence-electron chi connectivity index (χ0n) is 32.1. The summed E-state index contributed by atoms with van der Waals surface area (Å²) in [5, 5.41) is 7.16. The average molecular weight is 782 g/mol. The highest BCUT2D eigenvalue weighted by Crippen LogP contribution is 2.32. The summed E-state index contributed by atoms with van der Waals surface area (Å²) >= 11 is 0. The Morgan fingerprint density at radius 2 is 1.35 bits per heavy atom. The largest absolute Gasteiger partial charge is 0.491 e. The number of fused-ring (bicyclic) bond motifs is 2. The van der Waals surface area contributed by atoms with Gasteiger partial charge in [-0.3, -0.25) is 45.2 Å². The molecule has 5 heterocycles. The van der Waals surface area contributed by atoms with E-state index >= 15 is 0 Å². The number of aryl methyl sites for hydroxylation is 4. The number of anilines is 2. The number of amides is 4. The van der Waals surface area contributed by atoms with Crippen LogP contribution in [0.5, 0.6) is 5.75 Å². The molecule has 8 N–H and O–H groups in total. The van der Waals surface area contributed by atoms with Crippen LogP contribution in [0.15, 0.2) is 45.4 Å². The van der Waals surface area contributed by atoms with Crippen molar-refractivity contribution in [1.82, 2.24) is 39.1 Å². The summed E-state index contributed by atoms with van der Waals surface area (Å²) in [4.78, 5) is 73.5. The summed E-state index contributed by atoms with van der Waals surface area (Å²) in [6.07, 6.45) is 6.41. The van der Waals surface area contributed by atoms with Gasteiger partial charge in [-0.2, -0.15) is 0 Å². The highest BCUT2D eigenvalue weighted by molar-refractivity contribution is 6.05. The number of aromatic nitrogens is 7.